The number of carbonyl (C=O) groups excluding carboxylic acids is 2. The van der Waals surface area contributed by atoms with Gasteiger partial charge in [0, 0.05) is 24.3 Å². The summed E-state index contributed by atoms with van der Waals surface area (Å²) >= 11 is 0. The van der Waals surface area contributed by atoms with Crippen LogP contribution in [0.2, 0.25) is 0 Å². The quantitative estimate of drug-likeness (QED) is 0.689. The van der Waals surface area contributed by atoms with Gasteiger partial charge in [0.2, 0.25) is 5.91 Å². The van der Waals surface area contributed by atoms with Crippen molar-refractivity contribution in [2.45, 2.75) is 19.3 Å². The van der Waals surface area contributed by atoms with Crippen LogP contribution in [0.1, 0.15) is 28.1 Å². The van der Waals surface area contributed by atoms with Gasteiger partial charge in [-0.15, -0.1) is 0 Å². The van der Waals surface area contributed by atoms with Crippen LogP contribution in [0.4, 0.5) is 11.4 Å². The molecule has 0 aliphatic carbocycles. The van der Waals surface area contributed by atoms with E-state index in [2.05, 4.69) is 5.32 Å². The van der Waals surface area contributed by atoms with Gasteiger partial charge in [0.05, 0.1) is 13.4 Å². The Labute approximate surface area is 169 Å². The molecule has 0 radical (unpaired) electrons. The van der Waals surface area contributed by atoms with Crippen molar-refractivity contribution in [3.8, 4) is 5.75 Å². The number of hydrogen-bond donors (Lipinski definition) is 1. The van der Waals surface area contributed by atoms with Crippen molar-refractivity contribution < 1.29 is 18.7 Å². The first-order valence-electron chi connectivity index (χ1n) is 9.55. The lowest BCUT2D eigenvalue weighted by Crippen LogP contribution is -2.28. The molecular formula is C23H22N2O4. The molecule has 6 heteroatoms. The second-order valence-electron chi connectivity index (χ2n) is 6.92. The predicted octanol–water partition coefficient (Wildman–Crippen LogP) is 4.06. The Morgan fingerprint density at radius 3 is 2.69 bits per heavy atom. The van der Waals surface area contributed by atoms with Crippen LogP contribution in [0.5, 0.6) is 5.75 Å². The number of furan rings is 1. The molecule has 148 valence electrons. The standard InChI is InChI=1S/C23H22N2O4/c1-28-19-9-4-16(5-10-19)6-11-22(26)24-18-8-7-17-12-13-25(20(17)15-18)23(27)21-3-2-14-29-21/h2-5,7-10,14-15H,6,11-13H2,1H3,(H,24,26). The molecule has 0 saturated heterocycles. The Bertz CT molecular complexity index is 1010. The van der Waals surface area contributed by atoms with Crippen molar-refractivity contribution in [1.29, 1.82) is 0 Å². The normalized spacial score (nSPS) is 12.5. The number of carbonyl (C=O) groups is 2. The molecule has 3 aromatic rings. The van der Waals surface area contributed by atoms with Crippen LogP contribution < -0.4 is 15.0 Å². The molecule has 0 fully saturated rings. The van der Waals surface area contributed by atoms with E-state index < -0.39 is 0 Å². The van der Waals surface area contributed by atoms with Gasteiger partial charge >= 0.3 is 0 Å². The second kappa shape index (κ2) is 8.22. The largest absolute Gasteiger partial charge is 0.497 e. The summed E-state index contributed by atoms with van der Waals surface area (Å²) in [6.07, 6.45) is 3.29. The van der Waals surface area contributed by atoms with Gasteiger partial charge in [0.15, 0.2) is 5.76 Å². The topological polar surface area (TPSA) is 71.8 Å². The van der Waals surface area contributed by atoms with E-state index >= 15 is 0 Å². The van der Waals surface area contributed by atoms with Gasteiger partial charge in [-0.05, 0) is 60.4 Å². The molecule has 0 unspecified atom stereocenters. The number of anilines is 2. The van der Waals surface area contributed by atoms with Crippen LogP contribution >= 0.6 is 0 Å². The van der Waals surface area contributed by atoms with E-state index in [4.69, 9.17) is 9.15 Å². The highest BCUT2D eigenvalue weighted by atomic mass is 16.5. The van der Waals surface area contributed by atoms with Crippen LogP contribution in [-0.2, 0) is 17.6 Å². The molecule has 2 heterocycles. The zero-order valence-corrected chi connectivity index (χ0v) is 16.2. The SMILES string of the molecule is COc1ccc(CCC(=O)Nc2ccc3c(c2)N(C(=O)c2ccco2)CC3)cc1. The highest BCUT2D eigenvalue weighted by Crippen LogP contribution is 2.32. The minimum absolute atomic E-state index is 0.0670. The maximum Gasteiger partial charge on any atom is 0.293 e. The minimum atomic E-state index is -0.170. The fraction of sp³-hybridized carbons (Fsp3) is 0.217. The molecule has 2 aromatic carbocycles. The summed E-state index contributed by atoms with van der Waals surface area (Å²) in [4.78, 5) is 26.7. The second-order valence-corrected chi connectivity index (χ2v) is 6.92. The molecule has 0 bridgehead atoms. The average molecular weight is 390 g/mol. The van der Waals surface area contributed by atoms with Gasteiger partial charge in [-0.3, -0.25) is 9.59 Å². The van der Waals surface area contributed by atoms with Gasteiger partial charge in [0.25, 0.3) is 5.91 Å². The molecule has 1 aliphatic heterocycles. The van der Waals surface area contributed by atoms with Crippen molar-refractivity contribution in [3.05, 3.63) is 77.7 Å². The maximum atomic E-state index is 12.6. The van der Waals surface area contributed by atoms with Crippen LogP contribution in [-0.4, -0.2) is 25.5 Å². The lowest BCUT2D eigenvalue weighted by atomic mass is 10.1. The number of nitrogens with zero attached hydrogens (tertiary/aromatic N) is 1. The third-order valence-corrected chi connectivity index (χ3v) is 5.04. The highest BCUT2D eigenvalue weighted by Gasteiger charge is 2.27. The number of rotatable bonds is 6. The first-order valence-corrected chi connectivity index (χ1v) is 9.55. The zero-order valence-electron chi connectivity index (χ0n) is 16.2. The smallest absolute Gasteiger partial charge is 0.293 e. The number of ether oxygens (including phenoxy) is 1. The van der Waals surface area contributed by atoms with E-state index in [1.165, 1.54) is 6.26 Å². The van der Waals surface area contributed by atoms with Crippen molar-refractivity contribution in [3.63, 3.8) is 0 Å². The number of aryl methyl sites for hydroxylation is 1. The minimum Gasteiger partial charge on any atom is -0.497 e. The maximum absolute atomic E-state index is 12.6. The number of methoxy groups -OCH3 is 1. The third kappa shape index (κ3) is 4.16. The van der Waals surface area contributed by atoms with Gasteiger partial charge in [-0.2, -0.15) is 0 Å². The molecule has 0 atom stereocenters. The summed E-state index contributed by atoms with van der Waals surface area (Å²) in [6.45, 7) is 0.601. The molecule has 1 N–H and O–H groups in total. The molecule has 1 aliphatic rings. The van der Waals surface area contributed by atoms with Gasteiger partial charge in [-0.1, -0.05) is 18.2 Å². The van der Waals surface area contributed by atoms with Crippen molar-refractivity contribution in [2.75, 3.05) is 23.9 Å². The Morgan fingerprint density at radius 1 is 1.14 bits per heavy atom. The van der Waals surface area contributed by atoms with Crippen molar-refractivity contribution in [2.24, 2.45) is 0 Å². The van der Waals surface area contributed by atoms with Crippen LogP contribution in [0.15, 0.2) is 65.3 Å². The number of hydrogen-bond acceptors (Lipinski definition) is 4. The van der Waals surface area contributed by atoms with E-state index in [1.54, 1.807) is 24.1 Å². The van der Waals surface area contributed by atoms with Gasteiger partial charge in [0.1, 0.15) is 5.75 Å². The lowest BCUT2D eigenvalue weighted by molar-refractivity contribution is -0.116. The van der Waals surface area contributed by atoms with Gasteiger partial charge in [-0.25, -0.2) is 0 Å². The fourth-order valence-corrected chi connectivity index (χ4v) is 3.47. The average Bonchev–Trinajstić information content (AvgIpc) is 3.42. The third-order valence-electron chi connectivity index (χ3n) is 5.04. The van der Waals surface area contributed by atoms with Gasteiger partial charge < -0.3 is 19.4 Å². The van der Waals surface area contributed by atoms with Crippen molar-refractivity contribution in [1.82, 2.24) is 0 Å². The summed E-state index contributed by atoms with van der Waals surface area (Å²) < 4.78 is 10.4. The van der Waals surface area contributed by atoms with Crippen molar-refractivity contribution >= 4 is 23.2 Å². The summed E-state index contributed by atoms with van der Waals surface area (Å²) in [5.41, 5.74) is 3.66. The molecule has 2 amide bonds. The summed E-state index contributed by atoms with van der Waals surface area (Å²) in [5, 5.41) is 2.93. The monoisotopic (exact) mass is 390 g/mol. The number of nitrogens with one attached hydrogen (secondary N) is 1. The number of amides is 2. The summed E-state index contributed by atoms with van der Waals surface area (Å²) in [5.74, 6) is 0.871. The van der Waals surface area contributed by atoms with E-state index in [-0.39, 0.29) is 11.8 Å². The first kappa shape index (κ1) is 18.8. The Hall–Kier alpha value is -3.54. The van der Waals surface area contributed by atoms with Crippen LogP contribution in [0.25, 0.3) is 0 Å². The van der Waals surface area contributed by atoms with E-state index in [9.17, 15) is 9.59 Å². The van der Waals surface area contributed by atoms with Crippen LogP contribution in [0.3, 0.4) is 0 Å². The molecule has 1 aromatic heterocycles. The molecule has 0 saturated carbocycles. The summed E-state index contributed by atoms with van der Waals surface area (Å²) in [6, 6.07) is 16.7. The zero-order chi connectivity index (χ0) is 20.2. The highest BCUT2D eigenvalue weighted by molar-refractivity contribution is 6.06. The Morgan fingerprint density at radius 2 is 1.97 bits per heavy atom. The molecular weight excluding hydrogens is 368 g/mol. The Kier molecular flexibility index (Phi) is 5.33. The number of benzene rings is 2. The van der Waals surface area contributed by atoms with E-state index in [0.29, 0.717) is 30.8 Å². The molecule has 29 heavy (non-hydrogen) atoms. The molecule has 4 rings (SSSR count). The molecule has 6 nitrogen and oxygen atoms in total. The predicted molar refractivity (Wildman–Crippen MR) is 110 cm³/mol. The molecule has 0 spiro atoms. The fourth-order valence-electron chi connectivity index (χ4n) is 3.47. The number of fused-ring (bicyclic) bond motifs is 1. The Balaban J connectivity index is 1.40. The van der Waals surface area contributed by atoms with E-state index in [0.717, 1.165) is 29.0 Å². The first-order chi connectivity index (χ1) is 14.1. The lowest BCUT2D eigenvalue weighted by Gasteiger charge is -2.17. The summed E-state index contributed by atoms with van der Waals surface area (Å²) in [7, 11) is 1.63. The van der Waals surface area contributed by atoms with E-state index in [1.807, 2.05) is 42.5 Å². The van der Waals surface area contributed by atoms with Crippen LogP contribution in [0, 0.1) is 0 Å².